The van der Waals surface area contributed by atoms with Crippen LogP contribution in [-0.2, 0) is 14.3 Å². The summed E-state index contributed by atoms with van der Waals surface area (Å²) in [5.74, 6) is 1.55. The van der Waals surface area contributed by atoms with Crippen molar-refractivity contribution in [2.24, 2.45) is 15.7 Å². The molecule has 12 heteroatoms. The van der Waals surface area contributed by atoms with Gasteiger partial charge in [0.15, 0.2) is 11.8 Å². The number of amides is 2. The second-order valence-corrected chi connectivity index (χ2v) is 11.6. The minimum Gasteiger partial charge on any atom is -0.494 e. The van der Waals surface area contributed by atoms with Crippen molar-refractivity contribution in [2.45, 2.75) is 64.3 Å². The standard InChI is InChI=1S/C33H45N9O3/c1-3-45-29-12-13-30-37-31(29)41(23-43)17-8-6-4-5-7-9-25(32(44)39-38-30)22-35-33(34)36-26-10-11-28-24(21-26)14-20-42(28)27-15-18-40(2)19-16-27/h4-5,10-11,14,20-23,27H,3,6-9,12-13,15-19H2,1-2H3,(H,37,38)(H,39,44)(H3,34,35,36)/b5-4-,25-22+. The molecule has 12 nitrogen and oxygen atoms in total. The predicted octanol–water partition coefficient (Wildman–Crippen LogP) is 4.13. The quantitative estimate of drug-likeness (QED) is 0.126. The van der Waals surface area contributed by atoms with Crippen LogP contribution in [0.5, 0.6) is 0 Å². The molecular weight excluding hydrogens is 570 g/mol. The van der Waals surface area contributed by atoms with Gasteiger partial charge in [-0.3, -0.25) is 25.3 Å². The number of carbonyl (C=O) groups excluding carboxylic acids is 2. The zero-order chi connectivity index (χ0) is 31.6. The molecule has 0 atom stereocenters. The first-order chi connectivity index (χ1) is 21.9. The molecule has 0 spiro atoms. The summed E-state index contributed by atoms with van der Waals surface area (Å²) in [6.07, 6.45) is 14.7. The Morgan fingerprint density at radius 3 is 2.76 bits per heavy atom. The molecular formula is C33H45N9O3. The van der Waals surface area contributed by atoms with Gasteiger partial charge in [0.1, 0.15) is 11.6 Å². The molecule has 5 N–H and O–H groups in total. The minimum atomic E-state index is -0.331. The number of amidine groups is 1. The van der Waals surface area contributed by atoms with E-state index in [-0.39, 0.29) is 11.9 Å². The summed E-state index contributed by atoms with van der Waals surface area (Å²) in [6, 6.07) is 8.84. The third kappa shape index (κ3) is 8.33. The molecule has 5 rings (SSSR count). The van der Waals surface area contributed by atoms with Gasteiger partial charge in [-0.15, -0.1) is 0 Å². The number of likely N-dealkylation sites (tertiary alicyclic amines) is 1. The number of guanidine groups is 1. The fraction of sp³-hybridized carbons (Fsp3) is 0.455. The van der Waals surface area contributed by atoms with Crippen LogP contribution < -0.4 is 21.9 Å². The van der Waals surface area contributed by atoms with Crippen molar-refractivity contribution >= 4 is 40.7 Å². The molecule has 0 saturated carbocycles. The Morgan fingerprint density at radius 1 is 1.13 bits per heavy atom. The minimum absolute atomic E-state index is 0.188. The van der Waals surface area contributed by atoms with Gasteiger partial charge in [0.2, 0.25) is 6.41 Å². The van der Waals surface area contributed by atoms with Gasteiger partial charge in [-0.2, -0.15) is 0 Å². The molecule has 4 heterocycles. The van der Waals surface area contributed by atoms with Crippen molar-refractivity contribution in [3.8, 4) is 0 Å². The predicted molar refractivity (Wildman–Crippen MR) is 178 cm³/mol. The van der Waals surface area contributed by atoms with Gasteiger partial charge in [-0.05, 0) is 89.9 Å². The maximum absolute atomic E-state index is 13.2. The fourth-order valence-electron chi connectivity index (χ4n) is 5.89. The first-order valence-electron chi connectivity index (χ1n) is 15.9. The van der Waals surface area contributed by atoms with E-state index in [9.17, 15) is 9.59 Å². The van der Waals surface area contributed by atoms with Crippen molar-refractivity contribution in [2.75, 3.05) is 38.6 Å². The fourth-order valence-corrected chi connectivity index (χ4v) is 5.89. The summed E-state index contributed by atoms with van der Waals surface area (Å²) in [5, 5.41) is 4.30. The highest BCUT2D eigenvalue weighted by Gasteiger charge is 2.22. The van der Waals surface area contributed by atoms with Crippen LogP contribution in [0.2, 0.25) is 0 Å². The van der Waals surface area contributed by atoms with Crippen LogP contribution in [0.4, 0.5) is 5.69 Å². The number of rotatable bonds is 6. The third-order valence-electron chi connectivity index (χ3n) is 8.36. The molecule has 2 aromatic rings. The Labute approximate surface area is 264 Å². The van der Waals surface area contributed by atoms with E-state index in [1.54, 1.807) is 4.90 Å². The summed E-state index contributed by atoms with van der Waals surface area (Å²) >= 11 is 0. The molecule has 45 heavy (non-hydrogen) atoms. The molecule has 240 valence electrons. The Balaban J connectivity index is 1.28. The molecule has 2 amide bonds. The summed E-state index contributed by atoms with van der Waals surface area (Å²) in [7, 11) is 2.18. The van der Waals surface area contributed by atoms with E-state index in [0.717, 1.165) is 56.3 Å². The molecule has 1 aromatic carbocycles. The van der Waals surface area contributed by atoms with Gasteiger partial charge >= 0.3 is 0 Å². The molecule has 0 aliphatic carbocycles. The molecule has 0 radical (unpaired) electrons. The first kappa shape index (κ1) is 31.8. The summed E-state index contributed by atoms with van der Waals surface area (Å²) in [6.45, 7) is 5.13. The topological polar surface area (TPSA) is 142 Å². The van der Waals surface area contributed by atoms with E-state index < -0.39 is 0 Å². The van der Waals surface area contributed by atoms with Crippen LogP contribution in [-0.4, -0.2) is 71.8 Å². The monoisotopic (exact) mass is 615 g/mol. The number of anilines is 1. The van der Waals surface area contributed by atoms with E-state index in [1.165, 1.54) is 11.7 Å². The number of hydrogen-bond donors (Lipinski definition) is 4. The van der Waals surface area contributed by atoms with Gasteiger partial charge in [0, 0.05) is 60.0 Å². The molecule has 3 aliphatic heterocycles. The van der Waals surface area contributed by atoms with Crippen LogP contribution in [0.15, 0.2) is 76.0 Å². The highest BCUT2D eigenvalue weighted by atomic mass is 16.5. The van der Waals surface area contributed by atoms with Crippen molar-refractivity contribution in [1.82, 2.24) is 25.2 Å². The molecule has 1 saturated heterocycles. The lowest BCUT2D eigenvalue weighted by Gasteiger charge is -2.30. The largest absolute Gasteiger partial charge is 0.494 e. The molecule has 0 unspecified atom stereocenters. The Morgan fingerprint density at radius 2 is 1.96 bits per heavy atom. The molecule has 3 aliphatic rings. The number of hydrogen-bond acceptors (Lipinski definition) is 7. The molecule has 1 aromatic heterocycles. The summed E-state index contributed by atoms with van der Waals surface area (Å²) in [4.78, 5) is 38.1. The zero-order valence-corrected chi connectivity index (χ0v) is 26.3. The van der Waals surface area contributed by atoms with Gasteiger partial charge in [0.25, 0.3) is 5.91 Å². The normalized spacial score (nSPS) is 21.4. The number of ether oxygens (including phenoxy) is 1. The number of hydrazine groups is 1. The maximum atomic E-state index is 13.2. The van der Waals surface area contributed by atoms with Crippen molar-refractivity contribution in [3.63, 3.8) is 0 Å². The lowest BCUT2D eigenvalue weighted by Crippen LogP contribution is -2.43. The van der Waals surface area contributed by atoms with E-state index in [2.05, 4.69) is 73.1 Å². The average molecular weight is 616 g/mol. The highest BCUT2D eigenvalue weighted by Crippen LogP contribution is 2.29. The number of carbonyl (C=O) groups is 2. The maximum Gasteiger partial charge on any atom is 0.267 e. The number of fused-ring (bicyclic) bond motifs is 2. The smallest absolute Gasteiger partial charge is 0.267 e. The molecule has 1 fully saturated rings. The lowest BCUT2D eigenvalue weighted by atomic mass is 10.1. The van der Waals surface area contributed by atoms with Crippen molar-refractivity contribution in [3.05, 3.63) is 66.0 Å². The number of nitrogens with two attached hydrogens (primary N) is 1. The Kier molecular flexibility index (Phi) is 10.9. The number of allylic oxidation sites excluding steroid dienone is 3. The lowest BCUT2D eigenvalue weighted by molar-refractivity contribution is -0.118. The van der Waals surface area contributed by atoms with Gasteiger partial charge < -0.3 is 25.3 Å². The number of aliphatic imine (C=N–C) groups is 2. The number of benzene rings is 1. The first-order valence-corrected chi connectivity index (χ1v) is 15.9. The highest BCUT2D eigenvalue weighted by molar-refractivity contribution is 5.98. The second-order valence-electron chi connectivity index (χ2n) is 11.6. The van der Waals surface area contributed by atoms with Crippen LogP contribution in [0.1, 0.15) is 64.3 Å². The summed E-state index contributed by atoms with van der Waals surface area (Å²) < 4.78 is 8.16. The van der Waals surface area contributed by atoms with Crippen LogP contribution >= 0.6 is 0 Å². The zero-order valence-electron chi connectivity index (χ0n) is 26.3. The van der Waals surface area contributed by atoms with E-state index in [0.29, 0.717) is 67.9 Å². The van der Waals surface area contributed by atoms with Crippen molar-refractivity contribution in [1.29, 1.82) is 0 Å². The average Bonchev–Trinajstić information content (AvgIpc) is 3.46. The van der Waals surface area contributed by atoms with Crippen LogP contribution in [0.25, 0.3) is 10.9 Å². The van der Waals surface area contributed by atoms with Gasteiger partial charge in [-0.1, -0.05) is 12.2 Å². The van der Waals surface area contributed by atoms with Crippen LogP contribution in [0, 0.1) is 0 Å². The SMILES string of the molecule is CCOC1=C2N=C(CC1)NNC(=O)/C(=C/N=C(N)Nc1ccc3c(ccn3C3CCN(C)CC3)c1)CC/C=C\CCCN2C=O. The van der Waals surface area contributed by atoms with E-state index >= 15 is 0 Å². The van der Waals surface area contributed by atoms with E-state index in [4.69, 9.17) is 10.5 Å². The Bertz CT molecular complexity index is 1510. The van der Waals surface area contributed by atoms with E-state index in [1.807, 2.05) is 19.1 Å². The van der Waals surface area contributed by atoms with Crippen molar-refractivity contribution < 1.29 is 14.3 Å². The van der Waals surface area contributed by atoms with Crippen LogP contribution in [0.3, 0.4) is 0 Å². The molecule has 2 bridgehead atoms. The second kappa shape index (κ2) is 15.4. The van der Waals surface area contributed by atoms with Gasteiger partial charge in [-0.25, -0.2) is 9.98 Å². The number of nitrogens with one attached hydrogen (secondary N) is 3. The number of aromatic nitrogens is 1. The number of nitrogens with zero attached hydrogens (tertiary/aromatic N) is 5. The third-order valence-corrected chi connectivity index (χ3v) is 8.36. The summed E-state index contributed by atoms with van der Waals surface area (Å²) in [5.41, 5.74) is 14.4. The Hall–Kier alpha value is -4.58. The number of piperidine rings is 1. The van der Waals surface area contributed by atoms with Gasteiger partial charge in [0.05, 0.1) is 6.61 Å².